The van der Waals surface area contributed by atoms with Gasteiger partial charge in [-0.05, 0) is 13.0 Å². The van der Waals surface area contributed by atoms with Crippen LogP contribution in [0.5, 0.6) is 0 Å². The largest absolute Gasteiger partial charge is 0.344 e. The maximum Gasteiger partial charge on any atom is 0.235 e. The molecule has 0 aliphatic rings. The minimum atomic E-state index is -0.301. The molecule has 0 aliphatic carbocycles. The first-order valence-corrected chi connectivity index (χ1v) is 7.57. The number of aromatic amines is 1. The Labute approximate surface area is 131 Å². The second-order valence-corrected chi connectivity index (χ2v) is 6.26. The molecule has 0 aromatic carbocycles. The molecule has 8 heteroatoms. The summed E-state index contributed by atoms with van der Waals surface area (Å²) in [5, 5.41) is 9.40. The molecule has 2 aromatic heterocycles. The first-order chi connectivity index (χ1) is 10.0. The van der Waals surface area contributed by atoms with Crippen LogP contribution < -0.4 is 0 Å². The third-order valence-electron chi connectivity index (χ3n) is 2.85. The van der Waals surface area contributed by atoms with Crippen LogP contribution in [0, 0.1) is 11.3 Å². The van der Waals surface area contributed by atoms with E-state index in [0.717, 1.165) is 5.52 Å². The van der Waals surface area contributed by atoms with Crippen LogP contribution in [-0.4, -0.2) is 44.6 Å². The molecular weight excluding hydrogens is 310 g/mol. The number of hydrogen-bond acceptors (Lipinski definition) is 5. The first kappa shape index (κ1) is 15.6. The average Bonchev–Trinajstić information content (AvgIpc) is 2.84. The van der Waals surface area contributed by atoms with E-state index in [9.17, 15) is 4.79 Å². The van der Waals surface area contributed by atoms with Crippen LogP contribution in [-0.2, 0) is 4.79 Å². The Morgan fingerprint density at radius 2 is 2.43 bits per heavy atom. The van der Waals surface area contributed by atoms with Gasteiger partial charge < -0.3 is 9.88 Å². The summed E-state index contributed by atoms with van der Waals surface area (Å²) in [6.45, 7) is 2.24. The van der Waals surface area contributed by atoms with Gasteiger partial charge in [-0.3, -0.25) is 4.79 Å². The van der Waals surface area contributed by atoms with Gasteiger partial charge in [0.1, 0.15) is 0 Å². The highest BCUT2D eigenvalue weighted by atomic mass is 35.5. The van der Waals surface area contributed by atoms with E-state index in [0.29, 0.717) is 28.8 Å². The number of fused-ring (bicyclic) bond motifs is 1. The van der Waals surface area contributed by atoms with Crippen LogP contribution in [0.3, 0.4) is 0 Å². The van der Waals surface area contributed by atoms with Crippen molar-refractivity contribution >= 4 is 40.4 Å². The van der Waals surface area contributed by atoms with Crippen LogP contribution in [0.4, 0.5) is 0 Å². The topological polar surface area (TPSA) is 85.7 Å². The predicted octanol–water partition coefficient (Wildman–Crippen LogP) is 2.46. The van der Waals surface area contributed by atoms with Gasteiger partial charge >= 0.3 is 0 Å². The van der Waals surface area contributed by atoms with E-state index in [1.165, 1.54) is 18.0 Å². The van der Waals surface area contributed by atoms with E-state index >= 15 is 0 Å². The van der Waals surface area contributed by atoms with Crippen molar-refractivity contribution < 1.29 is 4.79 Å². The monoisotopic (exact) mass is 323 g/mol. The molecule has 2 rings (SSSR count). The Morgan fingerprint density at radius 1 is 1.67 bits per heavy atom. The molecule has 0 saturated carbocycles. The fourth-order valence-electron chi connectivity index (χ4n) is 1.76. The molecule has 0 bridgehead atoms. The quantitative estimate of drug-likeness (QED) is 0.854. The molecule has 1 amide bonds. The molecule has 0 saturated heterocycles. The molecule has 110 valence electrons. The van der Waals surface area contributed by atoms with Gasteiger partial charge in [0.25, 0.3) is 0 Å². The number of rotatable bonds is 5. The summed E-state index contributed by atoms with van der Waals surface area (Å²) in [7, 11) is 1.69. The number of thioether (sulfide) groups is 1. The first-order valence-electron chi connectivity index (χ1n) is 6.31. The maximum absolute atomic E-state index is 12.1. The Balaban J connectivity index is 2.05. The SMILES string of the molecule is C[C@H](Sc1nc2ncc(Cl)cc2[nH]1)C(=O)N(C)CCC#N. The van der Waals surface area contributed by atoms with Crippen molar-refractivity contribution in [1.29, 1.82) is 5.26 Å². The number of H-pyrrole nitrogens is 1. The standard InChI is InChI=1S/C13H14ClN5OS/c1-8(12(20)19(2)5-3-4-15)21-13-17-10-6-9(14)7-16-11(10)18-13/h6-8H,3,5H2,1-2H3,(H,16,17,18)/t8-/m0/s1. The summed E-state index contributed by atoms with van der Waals surface area (Å²) in [4.78, 5) is 25.2. The summed E-state index contributed by atoms with van der Waals surface area (Å²) in [5.74, 6) is -0.0401. The van der Waals surface area contributed by atoms with E-state index in [4.69, 9.17) is 16.9 Å². The van der Waals surface area contributed by atoms with Crippen LogP contribution >= 0.6 is 23.4 Å². The Morgan fingerprint density at radius 3 is 3.14 bits per heavy atom. The lowest BCUT2D eigenvalue weighted by Crippen LogP contribution is -2.33. The number of nitrogens with zero attached hydrogens (tertiary/aromatic N) is 4. The van der Waals surface area contributed by atoms with Gasteiger partial charge in [-0.2, -0.15) is 5.26 Å². The van der Waals surface area contributed by atoms with Crippen molar-refractivity contribution in [3.8, 4) is 6.07 Å². The smallest absolute Gasteiger partial charge is 0.235 e. The Hall–Kier alpha value is -1.78. The number of nitrogens with one attached hydrogen (secondary N) is 1. The summed E-state index contributed by atoms with van der Waals surface area (Å²) in [5.41, 5.74) is 1.31. The van der Waals surface area contributed by atoms with Crippen molar-refractivity contribution in [2.45, 2.75) is 23.8 Å². The lowest BCUT2D eigenvalue weighted by atomic mass is 10.3. The van der Waals surface area contributed by atoms with E-state index in [1.54, 1.807) is 18.0 Å². The number of halogens is 1. The number of imidazole rings is 1. The van der Waals surface area contributed by atoms with Crippen molar-refractivity contribution in [2.24, 2.45) is 0 Å². The molecule has 1 atom stereocenters. The molecule has 0 spiro atoms. The number of nitriles is 1. The number of amides is 1. The van der Waals surface area contributed by atoms with Gasteiger partial charge in [0.2, 0.25) is 5.91 Å². The van der Waals surface area contributed by atoms with Crippen LogP contribution in [0.1, 0.15) is 13.3 Å². The fourth-order valence-corrected chi connectivity index (χ4v) is 2.85. The molecule has 0 fully saturated rings. The van der Waals surface area contributed by atoms with E-state index in [-0.39, 0.29) is 11.2 Å². The molecule has 6 nitrogen and oxygen atoms in total. The molecule has 2 aromatic rings. The number of hydrogen-bond donors (Lipinski definition) is 1. The van der Waals surface area contributed by atoms with Crippen LogP contribution in [0.2, 0.25) is 5.02 Å². The zero-order valence-corrected chi connectivity index (χ0v) is 13.2. The molecule has 1 N–H and O–H groups in total. The van der Waals surface area contributed by atoms with E-state index in [1.807, 2.05) is 13.0 Å². The number of carbonyl (C=O) groups is 1. The molecule has 2 heterocycles. The highest BCUT2D eigenvalue weighted by Crippen LogP contribution is 2.24. The maximum atomic E-state index is 12.1. The van der Waals surface area contributed by atoms with Gasteiger partial charge in [0, 0.05) is 19.8 Å². The normalized spacial score (nSPS) is 12.1. The number of aromatic nitrogens is 3. The zero-order chi connectivity index (χ0) is 15.4. The van der Waals surface area contributed by atoms with Crippen molar-refractivity contribution in [1.82, 2.24) is 19.9 Å². The van der Waals surface area contributed by atoms with E-state index in [2.05, 4.69) is 15.0 Å². The van der Waals surface area contributed by atoms with Gasteiger partial charge in [0.05, 0.1) is 28.3 Å². The van der Waals surface area contributed by atoms with Crippen molar-refractivity contribution in [3.05, 3.63) is 17.3 Å². The number of carbonyl (C=O) groups excluding carboxylic acids is 1. The molecule has 21 heavy (non-hydrogen) atoms. The lowest BCUT2D eigenvalue weighted by Gasteiger charge is -2.19. The third-order valence-corrected chi connectivity index (χ3v) is 4.03. The Bertz CT molecular complexity index is 695. The highest BCUT2D eigenvalue weighted by Gasteiger charge is 2.20. The van der Waals surface area contributed by atoms with Crippen molar-refractivity contribution in [3.63, 3.8) is 0 Å². The molecule has 0 radical (unpaired) electrons. The average molecular weight is 324 g/mol. The van der Waals surface area contributed by atoms with Gasteiger partial charge in [-0.15, -0.1) is 0 Å². The zero-order valence-electron chi connectivity index (χ0n) is 11.6. The van der Waals surface area contributed by atoms with Gasteiger partial charge in [-0.25, -0.2) is 9.97 Å². The third kappa shape index (κ3) is 3.86. The second-order valence-electron chi connectivity index (χ2n) is 4.49. The van der Waals surface area contributed by atoms with Gasteiger partial charge in [0.15, 0.2) is 10.8 Å². The summed E-state index contributed by atoms with van der Waals surface area (Å²) >= 11 is 7.19. The second kappa shape index (κ2) is 6.78. The molecule has 0 unspecified atom stereocenters. The van der Waals surface area contributed by atoms with Crippen LogP contribution in [0.15, 0.2) is 17.4 Å². The lowest BCUT2D eigenvalue weighted by molar-refractivity contribution is -0.128. The van der Waals surface area contributed by atoms with Gasteiger partial charge in [-0.1, -0.05) is 23.4 Å². The summed E-state index contributed by atoms with van der Waals surface area (Å²) in [6, 6.07) is 3.77. The van der Waals surface area contributed by atoms with Crippen LogP contribution in [0.25, 0.3) is 11.2 Å². The minimum Gasteiger partial charge on any atom is -0.344 e. The predicted molar refractivity (Wildman–Crippen MR) is 82.1 cm³/mol. The fraction of sp³-hybridized carbons (Fsp3) is 0.385. The highest BCUT2D eigenvalue weighted by molar-refractivity contribution is 8.00. The summed E-state index contributed by atoms with van der Waals surface area (Å²) in [6.07, 6.45) is 1.86. The minimum absolute atomic E-state index is 0.0401. The molecular formula is C13H14ClN5OS. The summed E-state index contributed by atoms with van der Waals surface area (Å²) < 4.78 is 0. The Kier molecular flexibility index (Phi) is 5.04. The van der Waals surface area contributed by atoms with E-state index < -0.39 is 0 Å². The van der Waals surface area contributed by atoms with Crippen molar-refractivity contribution in [2.75, 3.05) is 13.6 Å². The number of pyridine rings is 1. The molecule has 0 aliphatic heterocycles.